The average molecular weight is 348 g/mol. The highest BCUT2D eigenvalue weighted by atomic mass is 16.5. The Bertz CT molecular complexity index is 934. The van der Waals surface area contributed by atoms with E-state index in [9.17, 15) is 4.79 Å². The van der Waals surface area contributed by atoms with Gasteiger partial charge >= 0.3 is 0 Å². The predicted molar refractivity (Wildman–Crippen MR) is 103 cm³/mol. The summed E-state index contributed by atoms with van der Waals surface area (Å²) in [5.74, 6) is 0.130. The molecule has 3 aromatic rings. The molecule has 2 aromatic carbocycles. The van der Waals surface area contributed by atoms with Crippen LogP contribution in [-0.2, 0) is 4.74 Å². The van der Waals surface area contributed by atoms with E-state index in [4.69, 9.17) is 10.5 Å². The second-order valence-electron chi connectivity index (χ2n) is 6.21. The van der Waals surface area contributed by atoms with E-state index in [1.54, 1.807) is 6.07 Å². The molecule has 1 amide bonds. The number of aromatic nitrogens is 1. The average Bonchev–Trinajstić information content (AvgIpc) is 2.68. The number of nitrogens with zero attached hydrogens (tertiary/aromatic N) is 2. The lowest BCUT2D eigenvalue weighted by Gasteiger charge is -2.28. The number of hydrogen-bond donors (Lipinski definition) is 2. The molecule has 0 spiro atoms. The van der Waals surface area contributed by atoms with Gasteiger partial charge in [-0.25, -0.2) is 4.98 Å². The number of rotatable bonds is 4. The molecule has 0 atom stereocenters. The number of carbonyl (C=O) groups excluding carboxylic acids is 1. The highest BCUT2D eigenvalue weighted by Gasteiger charge is 2.12. The fraction of sp³-hybridized carbons (Fsp3) is 0.200. The Labute approximate surface area is 151 Å². The van der Waals surface area contributed by atoms with Gasteiger partial charge in [0.15, 0.2) is 0 Å². The summed E-state index contributed by atoms with van der Waals surface area (Å²) in [6, 6.07) is 17.3. The van der Waals surface area contributed by atoms with E-state index in [0.29, 0.717) is 11.4 Å². The Kier molecular flexibility index (Phi) is 4.41. The van der Waals surface area contributed by atoms with E-state index < -0.39 is 5.91 Å². The van der Waals surface area contributed by atoms with Crippen LogP contribution in [-0.4, -0.2) is 37.2 Å². The molecule has 6 heteroatoms. The number of carbonyl (C=O) groups is 1. The minimum absolute atomic E-state index is 0.461. The van der Waals surface area contributed by atoms with Crippen LogP contribution in [0.3, 0.4) is 0 Å². The molecule has 6 nitrogen and oxygen atoms in total. The Hall–Kier alpha value is -3.12. The smallest absolute Gasteiger partial charge is 0.249 e. The minimum Gasteiger partial charge on any atom is -0.378 e. The second-order valence-corrected chi connectivity index (χ2v) is 6.21. The molecular formula is C20H20N4O2. The third kappa shape index (κ3) is 3.32. The van der Waals surface area contributed by atoms with Crippen molar-refractivity contribution in [3.63, 3.8) is 0 Å². The summed E-state index contributed by atoms with van der Waals surface area (Å²) in [6.45, 7) is 3.33. The van der Waals surface area contributed by atoms with Crippen molar-refractivity contribution in [2.75, 3.05) is 36.5 Å². The molecule has 0 radical (unpaired) electrons. The summed E-state index contributed by atoms with van der Waals surface area (Å²) >= 11 is 0. The summed E-state index contributed by atoms with van der Waals surface area (Å²) in [7, 11) is 0. The van der Waals surface area contributed by atoms with E-state index >= 15 is 0 Å². The summed E-state index contributed by atoms with van der Waals surface area (Å²) < 4.78 is 5.39. The quantitative estimate of drug-likeness (QED) is 0.758. The Morgan fingerprint density at radius 2 is 1.81 bits per heavy atom. The highest BCUT2D eigenvalue weighted by Crippen LogP contribution is 2.24. The number of para-hydroxylation sites is 1. The summed E-state index contributed by atoms with van der Waals surface area (Å²) in [5, 5.41) is 4.02. The summed E-state index contributed by atoms with van der Waals surface area (Å²) in [6.07, 6.45) is 0. The van der Waals surface area contributed by atoms with Gasteiger partial charge in [0, 0.05) is 29.9 Å². The maximum absolute atomic E-state index is 11.8. The van der Waals surface area contributed by atoms with Crippen molar-refractivity contribution in [1.29, 1.82) is 0 Å². The monoisotopic (exact) mass is 348 g/mol. The number of fused-ring (bicyclic) bond motifs is 1. The molecule has 0 saturated carbocycles. The molecule has 26 heavy (non-hydrogen) atoms. The van der Waals surface area contributed by atoms with Gasteiger partial charge in [-0.05, 0) is 36.4 Å². The largest absolute Gasteiger partial charge is 0.378 e. The topological polar surface area (TPSA) is 80.5 Å². The van der Waals surface area contributed by atoms with Gasteiger partial charge in [-0.15, -0.1) is 0 Å². The Morgan fingerprint density at radius 1 is 1.08 bits per heavy atom. The van der Waals surface area contributed by atoms with Crippen molar-refractivity contribution in [2.24, 2.45) is 5.73 Å². The fourth-order valence-corrected chi connectivity index (χ4v) is 3.17. The lowest BCUT2D eigenvalue weighted by molar-refractivity contribution is 0.100. The van der Waals surface area contributed by atoms with Crippen LogP contribution < -0.4 is 16.0 Å². The first-order valence-electron chi connectivity index (χ1n) is 8.60. The molecule has 132 valence electrons. The maximum atomic E-state index is 11.8. The van der Waals surface area contributed by atoms with Crippen molar-refractivity contribution in [1.82, 2.24) is 4.98 Å². The number of anilines is 3. The molecule has 0 unspecified atom stereocenters. The van der Waals surface area contributed by atoms with E-state index in [1.807, 2.05) is 36.4 Å². The van der Waals surface area contributed by atoms with Crippen LogP contribution in [0.15, 0.2) is 54.6 Å². The van der Waals surface area contributed by atoms with Crippen molar-refractivity contribution >= 4 is 34.0 Å². The first-order valence-corrected chi connectivity index (χ1v) is 8.60. The normalized spacial score (nSPS) is 14.4. The zero-order valence-corrected chi connectivity index (χ0v) is 14.3. The molecule has 1 saturated heterocycles. The van der Waals surface area contributed by atoms with E-state index in [-0.39, 0.29) is 0 Å². The predicted octanol–water partition coefficient (Wildman–Crippen LogP) is 2.91. The third-order valence-corrected chi connectivity index (χ3v) is 4.50. The van der Waals surface area contributed by atoms with E-state index in [1.165, 1.54) is 5.69 Å². The summed E-state index contributed by atoms with van der Waals surface area (Å²) in [5.41, 5.74) is 8.80. The van der Waals surface area contributed by atoms with Crippen LogP contribution in [0.5, 0.6) is 0 Å². The van der Waals surface area contributed by atoms with Crippen LogP contribution >= 0.6 is 0 Å². The van der Waals surface area contributed by atoms with Gasteiger partial charge in [0.25, 0.3) is 0 Å². The number of primary amides is 1. The van der Waals surface area contributed by atoms with E-state index in [0.717, 1.165) is 42.9 Å². The zero-order chi connectivity index (χ0) is 17.9. The lowest BCUT2D eigenvalue weighted by atomic mass is 10.1. The molecule has 4 rings (SSSR count). The van der Waals surface area contributed by atoms with Crippen molar-refractivity contribution in [3.05, 3.63) is 60.2 Å². The highest BCUT2D eigenvalue weighted by molar-refractivity contribution is 6.06. The third-order valence-electron chi connectivity index (χ3n) is 4.50. The Morgan fingerprint density at radius 3 is 2.54 bits per heavy atom. The van der Waals surface area contributed by atoms with Crippen LogP contribution in [0.4, 0.5) is 17.2 Å². The number of pyridine rings is 1. The maximum Gasteiger partial charge on any atom is 0.249 e. The van der Waals surface area contributed by atoms with Gasteiger partial charge in [0.2, 0.25) is 5.91 Å². The number of hydrogen-bond acceptors (Lipinski definition) is 5. The molecule has 1 aliphatic rings. The molecular weight excluding hydrogens is 328 g/mol. The van der Waals surface area contributed by atoms with Crippen LogP contribution in [0.2, 0.25) is 0 Å². The van der Waals surface area contributed by atoms with Gasteiger partial charge in [-0.1, -0.05) is 18.2 Å². The SMILES string of the molecule is NC(=O)c1cc(Nc2ccc(N3CCOCC3)cc2)nc2ccccc12. The fourth-order valence-electron chi connectivity index (χ4n) is 3.17. The second kappa shape index (κ2) is 7.01. The van der Waals surface area contributed by atoms with E-state index in [2.05, 4.69) is 27.3 Å². The van der Waals surface area contributed by atoms with Crippen LogP contribution in [0.1, 0.15) is 10.4 Å². The molecule has 0 aliphatic carbocycles. The van der Waals surface area contributed by atoms with Gasteiger partial charge in [-0.3, -0.25) is 4.79 Å². The van der Waals surface area contributed by atoms with Crippen molar-refractivity contribution in [2.45, 2.75) is 0 Å². The van der Waals surface area contributed by atoms with Gasteiger partial charge in [0.1, 0.15) is 5.82 Å². The summed E-state index contributed by atoms with van der Waals surface area (Å²) in [4.78, 5) is 18.7. The minimum atomic E-state index is -0.464. The standard InChI is InChI=1S/C20H20N4O2/c21-20(25)17-13-19(23-18-4-2-1-3-16(17)18)22-14-5-7-15(8-6-14)24-9-11-26-12-10-24/h1-8,13H,9-12H2,(H2,21,25)(H,22,23). The van der Waals surface area contributed by atoms with Gasteiger partial charge in [-0.2, -0.15) is 0 Å². The number of amides is 1. The number of nitrogens with two attached hydrogens (primary N) is 1. The van der Waals surface area contributed by atoms with Crippen LogP contribution in [0, 0.1) is 0 Å². The molecule has 1 aromatic heterocycles. The van der Waals surface area contributed by atoms with Crippen molar-refractivity contribution < 1.29 is 9.53 Å². The number of nitrogens with one attached hydrogen (secondary N) is 1. The lowest BCUT2D eigenvalue weighted by Crippen LogP contribution is -2.36. The molecule has 1 fully saturated rings. The number of benzene rings is 2. The first-order chi connectivity index (χ1) is 12.7. The van der Waals surface area contributed by atoms with Gasteiger partial charge in [0.05, 0.1) is 24.3 Å². The zero-order valence-electron chi connectivity index (χ0n) is 14.3. The number of morpholine rings is 1. The van der Waals surface area contributed by atoms with Gasteiger partial charge < -0.3 is 20.7 Å². The molecule has 3 N–H and O–H groups in total. The molecule has 1 aliphatic heterocycles. The number of ether oxygens (including phenoxy) is 1. The van der Waals surface area contributed by atoms with Crippen molar-refractivity contribution in [3.8, 4) is 0 Å². The Balaban J connectivity index is 1.59. The molecule has 0 bridgehead atoms. The van der Waals surface area contributed by atoms with Crippen LogP contribution in [0.25, 0.3) is 10.9 Å². The molecule has 2 heterocycles. The first kappa shape index (κ1) is 16.4.